The number of pyridine rings is 2. The Morgan fingerprint density at radius 3 is 2.58 bits per heavy atom. The van der Waals surface area contributed by atoms with Crippen LogP contribution in [0.4, 0.5) is 21.6 Å². The maximum absolute atomic E-state index is 14.8. The van der Waals surface area contributed by atoms with Gasteiger partial charge in [0.15, 0.2) is 11.6 Å². The average Bonchev–Trinajstić information content (AvgIpc) is 3.62. The summed E-state index contributed by atoms with van der Waals surface area (Å²) in [6.07, 6.45) is 16.9. The number of aromatic nitrogens is 4. The minimum Gasteiger partial charge on any atom is -0.343 e. The van der Waals surface area contributed by atoms with E-state index >= 15 is 0 Å². The third-order valence-electron chi connectivity index (χ3n) is 11.3. The topological polar surface area (TPSA) is 96.2 Å². The Labute approximate surface area is 307 Å². The van der Waals surface area contributed by atoms with Crippen LogP contribution in [-0.4, -0.2) is 55.4 Å². The Balaban J connectivity index is 1.22. The van der Waals surface area contributed by atoms with E-state index in [0.29, 0.717) is 43.4 Å². The van der Waals surface area contributed by atoms with Crippen LogP contribution >= 0.6 is 22.6 Å². The van der Waals surface area contributed by atoms with E-state index in [1.54, 1.807) is 25.5 Å². The second kappa shape index (κ2) is 14.6. The van der Waals surface area contributed by atoms with Crippen molar-refractivity contribution in [3.8, 4) is 11.3 Å². The van der Waals surface area contributed by atoms with Crippen LogP contribution in [0.15, 0.2) is 49.1 Å². The lowest BCUT2D eigenvalue weighted by atomic mass is 9.73. The van der Waals surface area contributed by atoms with Crippen LogP contribution in [0.1, 0.15) is 101 Å². The van der Waals surface area contributed by atoms with Gasteiger partial charge in [0, 0.05) is 43.5 Å². The first-order chi connectivity index (χ1) is 24.2. The summed E-state index contributed by atoms with van der Waals surface area (Å²) >= 11 is 2.33. The number of likely N-dealkylation sites (tertiary alicyclic amines) is 1. The van der Waals surface area contributed by atoms with Crippen LogP contribution in [0.2, 0.25) is 0 Å². The van der Waals surface area contributed by atoms with Crippen LogP contribution in [0.3, 0.4) is 0 Å². The molecule has 1 saturated carbocycles. The molecule has 1 unspecified atom stereocenters. The molecule has 7 rings (SSSR count). The Hall–Kier alpha value is -3.61. The predicted molar refractivity (Wildman–Crippen MR) is 204 cm³/mol. The molecular formula is C39H47FIN7O2. The maximum Gasteiger partial charge on any atom is 0.238 e. The van der Waals surface area contributed by atoms with E-state index in [0.717, 1.165) is 40.7 Å². The van der Waals surface area contributed by atoms with Gasteiger partial charge < -0.3 is 19.7 Å². The molecule has 1 aromatic carbocycles. The van der Waals surface area contributed by atoms with Crippen molar-refractivity contribution in [2.75, 3.05) is 23.3 Å². The zero-order valence-corrected chi connectivity index (χ0v) is 31.5. The molecule has 0 bridgehead atoms. The third kappa shape index (κ3) is 6.50. The number of fused-ring (bicyclic) bond motifs is 3. The molecule has 1 aliphatic carbocycles. The number of carbonyl (C=O) groups excluding carboxylic acids is 2. The number of unbranched alkanes of at least 4 members (excludes halogenated alkanes) is 5. The molecule has 11 heteroatoms. The normalized spacial score (nSPS) is 20.3. The average molecular weight is 792 g/mol. The van der Waals surface area contributed by atoms with E-state index in [4.69, 9.17) is 9.97 Å². The quantitative estimate of drug-likeness (QED) is 0.0875. The fraction of sp³-hybridized carbons (Fsp3) is 0.513. The number of carbonyl (C=O) groups is 2. The highest BCUT2D eigenvalue weighted by atomic mass is 127. The van der Waals surface area contributed by atoms with E-state index in [1.165, 1.54) is 51.1 Å². The molecule has 1 N–H and O–H groups in total. The number of piperidine rings is 1. The number of rotatable bonds is 12. The second-order valence-electron chi connectivity index (χ2n) is 14.5. The summed E-state index contributed by atoms with van der Waals surface area (Å²) in [5.41, 5.74) is 4.79. The summed E-state index contributed by atoms with van der Waals surface area (Å²) in [6.45, 7) is 7.09. The number of anilines is 3. The van der Waals surface area contributed by atoms with Crippen LogP contribution in [0.25, 0.3) is 22.3 Å². The van der Waals surface area contributed by atoms with E-state index in [1.807, 2.05) is 15.5 Å². The number of amides is 2. The fourth-order valence-corrected chi connectivity index (χ4v) is 8.75. The molecule has 0 radical (unpaired) electrons. The van der Waals surface area contributed by atoms with Gasteiger partial charge in [-0.1, -0.05) is 86.6 Å². The van der Waals surface area contributed by atoms with Crippen molar-refractivity contribution in [3.05, 3.63) is 60.4 Å². The molecule has 5 heterocycles. The number of imidazole rings is 1. The van der Waals surface area contributed by atoms with Crippen molar-refractivity contribution in [2.24, 2.45) is 5.92 Å². The number of alkyl halides is 1. The highest BCUT2D eigenvalue weighted by Gasteiger charge is 2.55. The van der Waals surface area contributed by atoms with Gasteiger partial charge in [-0.05, 0) is 62.3 Å². The zero-order chi connectivity index (χ0) is 35.0. The predicted octanol–water partition coefficient (Wildman–Crippen LogP) is 9.09. The van der Waals surface area contributed by atoms with E-state index < -0.39 is 11.2 Å². The molecule has 1 atom stereocenters. The molecule has 264 valence electrons. The Kier molecular flexibility index (Phi) is 10.1. The maximum atomic E-state index is 14.8. The summed E-state index contributed by atoms with van der Waals surface area (Å²) in [6, 6.07) is 10.0. The minimum absolute atomic E-state index is 0.0613. The van der Waals surface area contributed by atoms with Gasteiger partial charge >= 0.3 is 0 Å². The van der Waals surface area contributed by atoms with Crippen molar-refractivity contribution in [1.82, 2.24) is 24.4 Å². The zero-order valence-electron chi connectivity index (χ0n) is 29.3. The van der Waals surface area contributed by atoms with Crippen LogP contribution in [0, 0.1) is 11.7 Å². The van der Waals surface area contributed by atoms with Crippen LogP contribution < -0.4 is 10.2 Å². The second-order valence-corrected chi connectivity index (χ2v) is 16.3. The summed E-state index contributed by atoms with van der Waals surface area (Å²) in [5, 5.41) is 3.22. The largest absolute Gasteiger partial charge is 0.343 e. The summed E-state index contributed by atoms with van der Waals surface area (Å²) in [7, 11) is 0. The van der Waals surface area contributed by atoms with E-state index in [2.05, 4.69) is 69.8 Å². The molecule has 9 nitrogen and oxygen atoms in total. The lowest BCUT2D eigenvalue weighted by molar-refractivity contribution is -0.134. The molecule has 1 saturated heterocycles. The molecule has 1 spiro atoms. The molecule has 2 aliphatic heterocycles. The third-order valence-corrected chi connectivity index (χ3v) is 11.9. The highest BCUT2D eigenvalue weighted by Crippen LogP contribution is 2.52. The highest BCUT2D eigenvalue weighted by molar-refractivity contribution is 14.1. The van der Waals surface area contributed by atoms with E-state index in [-0.39, 0.29) is 27.6 Å². The summed E-state index contributed by atoms with van der Waals surface area (Å²) in [4.78, 5) is 44.5. The molecular weight excluding hydrogens is 744 g/mol. The van der Waals surface area contributed by atoms with Crippen molar-refractivity contribution < 1.29 is 14.0 Å². The van der Waals surface area contributed by atoms with Crippen molar-refractivity contribution in [1.29, 1.82) is 0 Å². The number of hydrogen-bond acceptors (Lipinski definition) is 6. The summed E-state index contributed by atoms with van der Waals surface area (Å²) < 4.78 is 16.9. The van der Waals surface area contributed by atoms with Gasteiger partial charge in [0.1, 0.15) is 5.52 Å². The van der Waals surface area contributed by atoms with Gasteiger partial charge in [-0.25, -0.2) is 14.4 Å². The Morgan fingerprint density at radius 2 is 1.86 bits per heavy atom. The smallest absolute Gasteiger partial charge is 0.238 e. The molecule has 2 amide bonds. The van der Waals surface area contributed by atoms with Gasteiger partial charge in [0.2, 0.25) is 11.8 Å². The molecule has 50 heavy (non-hydrogen) atoms. The number of hydrogen-bond donors (Lipinski definition) is 1. The first-order valence-corrected chi connectivity index (χ1v) is 19.6. The lowest BCUT2D eigenvalue weighted by Crippen LogP contribution is -2.54. The first kappa shape index (κ1) is 34.8. The minimum atomic E-state index is -0.623. The molecule has 3 aromatic heterocycles. The lowest BCUT2D eigenvalue weighted by Gasteiger charge is -2.43. The summed E-state index contributed by atoms with van der Waals surface area (Å²) in [5.74, 6) is 0.936. The van der Waals surface area contributed by atoms with Crippen LogP contribution in [-0.2, 0) is 15.0 Å². The Bertz CT molecular complexity index is 1880. The van der Waals surface area contributed by atoms with Gasteiger partial charge in [-0.2, -0.15) is 0 Å². The number of halogens is 2. The SMILES string of the molecule is CCCCCCCCC1CC(N2C(=O)C3(CCN(C(C)=O)CC3)c3ccc(-c4cc5ncn(C(C)I)c5c(Nc5ccncc5F)n4)cc32)C1. The first-order valence-electron chi connectivity index (χ1n) is 18.3. The van der Waals surface area contributed by atoms with Gasteiger partial charge in [-0.15, -0.1) is 0 Å². The van der Waals surface area contributed by atoms with Gasteiger partial charge in [-0.3, -0.25) is 14.6 Å². The Morgan fingerprint density at radius 1 is 1.10 bits per heavy atom. The molecule has 2 fully saturated rings. The fourth-order valence-electron chi connectivity index (χ4n) is 8.33. The van der Waals surface area contributed by atoms with Crippen molar-refractivity contribution in [2.45, 2.75) is 107 Å². The van der Waals surface area contributed by atoms with Gasteiger partial charge in [0.25, 0.3) is 0 Å². The molecule has 3 aliphatic rings. The number of nitrogens with zero attached hydrogens (tertiary/aromatic N) is 6. The number of nitrogens with one attached hydrogen (secondary N) is 1. The van der Waals surface area contributed by atoms with Crippen molar-refractivity contribution >= 4 is 62.6 Å². The molecule has 4 aromatic rings. The monoisotopic (exact) mass is 791 g/mol. The van der Waals surface area contributed by atoms with E-state index in [9.17, 15) is 14.0 Å². The van der Waals surface area contributed by atoms with Crippen LogP contribution in [0.5, 0.6) is 0 Å². The van der Waals surface area contributed by atoms with Gasteiger partial charge in [0.05, 0.1) is 38.9 Å². The number of benzene rings is 1. The standard InChI is InChI=1S/C39H47FIN7O2/c1-4-5-6-7-8-9-10-27-19-29(20-27)48-35-21-28(11-12-30(35)39(38(48)50)14-17-46(18-15-39)26(3)49)33-22-34-36(47(24-43-34)25(2)41)37(45-33)44-32-13-16-42-23-31(32)40/h11-13,16,21-25,27,29H,4-10,14-15,17-20H2,1-3H3,(H,42,44,45). The van der Waals surface area contributed by atoms with Crippen molar-refractivity contribution in [3.63, 3.8) is 0 Å².